The highest BCUT2D eigenvalue weighted by Crippen LogP contribution is 2.23. The zero-order valence-corrected chi connectivity index (χ0v) is 10.3. The molecule has 0 radical (unpaired) electrons. The number of rotatable bonds is 1. The highest BCUT2D eigenvalue weighted by Gasteiger charge is 2.19. The van der Waals surface area contributed by atoms with Crippen LogP contribution >= 0.6 is 11.3 Å². The molecule has 0 amide bonds. The van der Waals surface area contributed by atoms with E-state index >= 15 is 0 Å². The van der Waals surface area contributed by atoms with Crippen LogP contribution in [0.1, 0.15) is 16.1 Å². The van der Waals surface area contributed by atoms with Crippen LogP contribution in [0.5, 0.6) is 0 Å². The van der Waals surface area contributed by atoms with Gasteiger partial charge in [-0.1, -0.05) is 12.1 Å². The fourth-order valence-electron chi connectivity index (χ4n) is 2.16. The monoisotopic (exact) mass is 259 g/mol. The molecule has 18 heavy (non-hydrogen) atoms. The minimum Gasteiger partial charge on any atom is -0.477 e. The Morgan fingerprint density at radius 1 is 1.33 bits per heavy atom. The molecule has 5 heteroatoms. The number of aromatic nitrogens is 1. The van der Waals surface area contributed by atoms with Gasteiger partial charge in [0.2, 0.25) is 5.43 Å². The zero-order chi connectivity index (χ0) is 12.9. The molecule has 3 rings (SSSR count). The van der Waals surface area contributed by atoms with E-state index in [0.717, 1.165) is 11.2 Å². The van der Waals surface area contributed by atoms with Gasteiger partial charge in [-0.2, -0.15) is 0 Å². The lowest BCUT2D eigenvalue weighted by molar-refractivity contribution is 0.0697. The van der Waals surface area contributed by atoms with E-state index in [1.807, 2.05) is 28.8 Å². The molecule has 4 nitrogen and oxygen atoms in total. The summed E-state index contributed by atoms with van der Waals surface area (Å²) in [7, 11) is 0. The standard InChI is InChI=1S/C13H9NO3S/c1-7-6-18-12-10(13(16)17)11(15)8-4-2-3-5-9(8)14(7)12/h2-6H,1H3,(H,16,17). The average molecular weight is 259 g/mol. The molecule has 90 valence electrons. The molecule has 0 saturated heterocycles. The second kappa shape index (κ2) is 3.68. The zero-order valence-electron chi connectivity index (χ0n) is 9.51. The fraction of sp³-hybridized carbons (Fsp3) is 0.0769. The van der Waals surface area contributed by atoms with Crippen LogP contribution in [0.15, 0.2) is 34.4 Å². The number of hydrogen-bond acceptors (Lipinski definition) is 3. The van der Waals surface area contributed by atoms with Crippen LogP contribution in [-0.2, 0) is 0 Å². The van der Waals surface area contributed by atoms with Gasteiger partial charge in [0.1, 0.15) is 10.4 Å². The van der Waals surface area contributed by atoms with Crippen LogP contribution in [0.2, 0.25) is 0 Å². The third-order valence-electron chi connectivity index (χ3n) is 2.94. The third-order valence-corrected chi connectivity index (χ3v) is 4.01. The molecule has 0 aliphatic carbocycles. The molecule has 1 N–H and O–H groups in total. The number of nitrogens with zero attached hydrogens (tertiary/aromatic N) is 1. The molecule has 1 aromatic carbocycles. The fourth-order valence-corrected chi connectivity index (χ4v) is 3.19. The van der Waals surface area contributed by atoms with E-state index < -0.39 is 11.4 Å². The van der Waals surface area contributed by atoms with Crippen LogP contribution in [0.4, 0.5) is 0 Å². The summed E-state index contributed by atoms with van der Waals surface area (Å²) in [6.07, 6.45) is 0. The largest absolute Gasteiger partial charge is 0.477 e. The number of carboxylic acids is 1. The van der Waals surface area contributed by atoms with Crippen molar-refractivity contribution in [1.82, 2.24) is 4.40 Å². The lowest BCUT2D eigenvalue weighted by atomic mass is 10.1. The summed E-state index contributed by atoms with van der Waals surface area (Å²) in [4.78, 5) is 24.0. The first-order valence-corrected chi connectivity index (χ1v) is 6.24. The number of carboxylic acid groups (broad SMARTS) is 1. The highest BCUT2D eigenvalue weighted by atomic mass is 32.1. The SMILES string of the molecule is Cc1csc2c(C(=O)O)c(=O)c3ccccc3n12. The smallest absolute Gasteiger partial charge is 0.342 e. The van der Waals surface area contributed by atoms with Gasteiger partial charge >= 0.3 is 5.97 Å². The number of hydrogen-bond donors (Lipinski definition) is 1. The van der Waals surface area contributed by atoms with Gasteiger partial charge in [-0.3, -0.25) is 4.79 Å². The van der Waals surface area contributed by atoms with E-state index in [1.165, 1.54) is 11.3 Å². The quantitative estimate of drug-likeness (QED) is 0.730. The number of para-hydroxylation sites is 1. The van der Waals surface area contributed by atoms with Crippen molar-refractivity contribution in [2.45, 2.75) is 6.92 Å². The van der Waals surface area contributed by atoms with Crippen molar-refractivity contribution in [3.05, 3.63) is 51.1 Å². The van der Waals surface area contributed by atoms with Crippen LogP contribution in [0, 0.1) is 6.92 Å². The Morgan fingerprint density at radius 3 is 2.78 bits per heavy atom. The van der Waals surface area contributed by atoms with E-state index in [1.54, 1.807) is 12.1 Å². The molecule has 0 aliphatic rings. The van der Waals surface area contributed by atoms with Crippen LogP contribution in [0.3, 0.4) is 0 Å². The first-order chi connectivity index (χ1) is 8.61. The van der Waals surface area contributed by atoms with Crippen LogP contribution < -0.4 is 5.43 Å². The summed E-state index contributed by atoms with van der Waals surface area (Å²) in [6.45, 7) is 1.89. The Hall–Kier alpha value is -2.14. The maximum Gasteiger partial charge on any atom is 0.342 e. The Bertz CT molecular complexity index is 844. The molecule has 0 bridgehead atoms. The van der Waals surface area contributed by atoms with Gasteiger partial charge in [-0.25, -0.2) is 4.79 Å². The van der Waals surface area contributed by atoms with Gasteiger partial charge in [0, 0.05) is 16.5 Å². The Kier molecular flexibility index (Phi) is 2.24. The van der Waals surface area contributed by atoms with Gasteiger partial charge in [-0.05, 0) is 19.1 Å². The summed E-state index contributed by atoms with van der Waals surface area (Å²) < 4.78 is 1.82. The number of pyridine rings is 1. The molecule has 2 heterocycles. The number of benzene rings is 1. The second-order valence-corrected chi connectivity index (χ2v) is 4.90. The summed E-state index contributed by atoms with van der Waals surface area (Å²) in [5.41, 5.74) is 1.11. The lowest BCUT2D eigenvalue weighted by Gasteiger charge is -2.06. The number of aromatic carboxylic acids is 1. The first-order valence-electron chi connectivity index (χ1n) is 5.36. The molecule has 0 unspecified atom stereocenters. The Balaban J connectivity index is 2.73. The minimum atomic E-state index is -1.18. The first kappa shape index (κ1) is 11.0. The Morgan fingerprint density at radius 2 is 2.06 bits per heavy atom. The number of thiazole rings is 1. The van der Waals surface area contributed by atoms with Crippen molar-refractivity contribution in [3.63, 3.8) is 0 Å². The van der Waals surface area contributed by atoms with Gasteiger partial charge in [0.05, 0.1) is 5.52 Å². The predicted molar refractivity (Wildman–Crippen MR) is 70.7 cm³/mol. The third kappa shape index (κ3) is 1.31. The van der Waals surface area contributed by atoms with Gasteiger partial charge in [0.15, 0.2) is 0 Å². The second-order valence-electron chi connectivity index (χ2n) is 4.04. The van der Waals surface area contributed by atoms with Crippen molar-refractivity contribution in [2.75, 3.05) is 0 Å². The van der Waals surface area contributed by atoms with Crippen molar-refractivity contribution >= 4 is 33.0 Å². The van der Waals surface area contributed by atoms with Crippen molar-refractivity contribution in [3.8, 4) is 0 Å². The van der Waals surface area contributed by atoms with E-state index in [4.69, 9.17) is 0 Å². The molecule has 3 aromatic rings. The summed E-state index contributed by atoms with van der Waals surface area (Å²) in [5, 5.41) is 11.5. The van der Waals surface area contributed by atoms with Crippen LogP contribution in [0.25, 0.3) is 15.7 Å². The summed E-state index contributed by atoms with van der Waals surface area (Å²) >= 11 is 1.28. The molecular weight excluding hydrogens is 250 g/mol. The number of carbonyl (C=O) groups is 1. The normalized spacial score (nSPS) is 11.2. The summed E-state index contributed by atoms with van der Waals surface area (Å²) in [6, 6.07) is 7.07. The lowest BCUT2D eigenvalue weighted by Crippen LogP contribution is -2.17. The molecule has 0 aliphatic heterocycles. The minimum absolute atomic E-state index is 0.146. The van der Waals surface area contributed by atoms with Gasteiger partial charge in [0.25, 0.3) is 0 Å². The molecule has 0 spiro atoms. The number of fused-ring (bicyclic) bond motifs is 3. The van der Waals surface area contributed by atoms with Crippen molar-refractivity contribution in [2.24, 2.45) is 0 Å². The average Bonchev–Trinajstić information content (AvgIpc) is 2.71. The molecular formula is C13H9NO3S. The maximum absolute atomic E-state index is 12.2. The maximum atomic E-state index is 12.2. The van der Waals surface area contributed by atoms with E-state index in [2.05, 4.69) is 0 Å². The Labute approximate surface area is 106 Å². The van der Waals surface area contributed by atoms with E-state index in [9.17, 15) is 14.7 Å². The van der Waals surface area contributed by atoms with Crippen molar-refractivity contribution in [1.29, 1.82) is 0 Å². The molecule has 0 atom stereocenters. The summed E-state index contributed by atoms with van der Waals surface area (Å²) in [5.74, 6) is -1.18. The van der Waals surface area contributed by atoms with E-state index in [0.29, 0.717) is 10.2 Å². The number of aryl methyl sites for hydroxylation is 1. The topological polar surface area (TPSA) is 58.8 Å². The molecule has 0 saturated carbocycles. The highest BCUT2D eigenvalue weighted by molar-refractivity contribution is 7.16. The van der Waals surface area contributed by atoms with Crippen LogP contribution in [-0.4, -0.2) is 15.5 Å². The van der Waals surface area contributed by atoms with Gasteiger partial charge in [-0.15, -0.1) is 11.3 Å². The van der Waals surface area contributed by atoms with Gasteiger partial charge < -0.3 is 9.51 Å². The van der Waals surface area contributed by atoms with Crippen molar-refractivity contribution < 1.29 is 9.90 Å². The molecule has 2 aromatic heterocycles. The predicted octanol–water partition coefficient (Wildman–Crippen LogP) is 2.52. The molecule has 0 fully saturated rings. The van der Waals surface area contributed by atoms with E-state index in [-0.39, 0.29) is 5.56 Å².